The van der Waals surface area contributed by atoms with E-state index in [-0.39, 0.29) is 6.09 Å². The number of ether oxygens (including phenoxy) is 1. The zero-order valence-corrected chi connectivity index (χ0v) is 14.9. The second-order valence-corrected chi connectivity index (χ2v) is 7.43. The molecule has 128 valence electrons. The van der Waals surface area contributed by atoms with Crippen molar-refractivity contribution in [3.63, 3.8) is 0 Å². The molecule has 1 amide bonds. The van der Waals surface area contributed by atoms with Crippen LogP contribution in [0.3, 0.4) is 0 Å². The lowest BCUT2D eigenvalue weighted by Crippen LogP contribution is -2.39. The minimum absolute atomic E-state index is 0.322. The third kappa shape index (κ3) is 5.87. The Kier molecular flexibility index (Phi) is 6.05. The Morgan fingerprint density at radius 2 is 1.96 bits per heavy atom. The molecule has 0 saturated heterocycles. The lowest BCUT2D eigenvalue weighted by Gasteiger charge is -2.34. The van der Waals surface area contributed by atoms with Gasteiger partial charge in [-0.15, -0.1) is 0 Å². The molecule has 0 radical (unpaired) electrons. The van der Waals surface area contributed by atoms with Crippen LogP contribution >= 0.6 is 0 Å². The van der Waals surface area contributed by atoms with E-state index in [0.29, 0.717) is 12.6 Å². The van der Waals surface area contributed by atoms with Crippen LogP contribution in [0.15, 0.2) is 24.3 Å². The molecule has 1 aromatic carbocycles. The van der Waals surface area contributed by atoms with Crippen LogP contribution in [0.1, 0.15) is 51.7 Å². The van der Waals surface area contributed by atoms with Crippen LogP contribution in [0, 0.1) is 0 Å². The summed E-state index contributed by atoms with van der Waals surface area (Å²) in [5, 5.41) is 2.82. The lowest BCUT2D eigenvalue weighted by atomic mass is 9.95. The van der Waals surface area contributed by atoms with Crippen molar-refractivity contribution >= 4 is 6.09 Å². The Labute approximate surface area is 140 Å². The average Bonchev–Trinajstić information content (AvgIpc) is 2.45. The Morgan fingerprint density at radius 3 is 2.65 bits per heavy atom. The Balaban J connectivity index is 1.66. The summed E-state index contributed by atoms with van der Waals surface area (Å²) in [5.41, 5.74) is 2.51. The molecule has 0 saturated carbocycles. The largest absolute Gasteiger partial charge is 0.444 e. The number of nitrogens with one attached hydrogen (secondary N) is 1. The maximum Gasteiger partial charge on any atom is 0.407 e. The van der Waals surface area contributed by atoms with Gasteiger partial charge in [0.05, 0.1) is 0 Å². The van der Waals surface area contributed by atoms with Crippen molar-refractivity contribution in [2.45, 2.75) is 65.1 Å². The van der Waals surface area contributed by atoms with Gasteiger partial charge >= 0.3 is 6.09 Å². The van der Waals surface area contributed by atoms with Gasteiger partial charge < -0.3 is 10.1 Å². The molecule has 0 fully saturated rings. The highest BCUT2D eigenvalue weighted by Gasteiger charge is 2.21. The molecule has 1 aliphatic heterocycles. The molecule has 0 bridgehead atoms. The lowest BCUT2D eigenvalue weighted by molar-refractivity contribution is 0.0526. The third-order valence-corrected chi connectivity index (χ3v) is 4.17. The van der Waals surface area contributed by atoms with Crippen LogP contribution in [0.25, 0.3) is 0 Å². The zero-order valence-electron chi connectivity index (χ0n) is 14.9. The van der Waals surface area contributed by atoms with Gasteiger partial charge in [-0.05, 0) is 64.6 Å². The first-order valence-electron chi connectivity index (χ1n) is 8.63. The summed E-state index contributed by atoms with van der Waals surface area (Å²) in [7, 11) is 0. The van der Waals surface area contributed by atoms with Crippen molar-refractivity contribution in [3.05, 3.63) is 35.4 Å². The highest BCUT2D eigenvalue weighted by atomic mass is 16.6. The number of nitrogens with zero attached hydrogens (tertiary/aromatic N) is 1. The molecule has 1 aliphatic rings. The number of hydrogen-bond donors (Lipinski definition) is 1. The monoisotopic (exact) mass is 318 g/mol. The maximum atomic E-state index is 11.6. The highest BCUT2D eigenvalue weighted by Crippen LogP contribution is 2.23. The number of rotatable bonds is 5. The molecule has 0 aromatic heterocycles. The SMILES string of the molecule is CC1Cc2ccccc2CN1CCCCNC(=O)OC(C)(C)C. The van der Waals surface area contributed by atoms with E-state index in [1.54, 1.807) is 0 Å². The molecule has 1 N–H and O–H groups in total. The Morgan fingerprint density at radius 1 is 1.26 bits per heavy atom. The van der Waals surface area contributed by atoms with Crippen molar-refractivity contribution in [1.82, 2.24) is 10.2 Å². The van der Waals surface area contributed by atoms with Crippen LogP contribution < -0.4 is 5.32 Å². The van der Waals surface area contributed by atoms with Gasteiger partial charge in [0.15, 0.2) is 0 Å². The van der Waals surface area contributed by atoms with Gasteiger partial charge in [0.25, 0.3) is 0 Å². The van der Waals surface area contributed by atoms with E-state index in [1.165, 1.54) is 11.1 Å². The maximum absolute atomic E-state index is 11.6. The zero-order chi connectivity index (χ0) is 16.9. The first kappa shape index (κ1) is 17.8. The molecular weight excluding hydrogens is 288 g/mol. The topological polar surface area (TPSA) is 41.6 Å². The van der Waals surface area contributed by atoms with Crippen LogP contribution in [-0.2, 0) is 17.7 Å². The number of hydrogen-bond acceptors (Lipinski definition) is 3. The smallest absolute Gasteiger partial charge is 0.407 e. The molecule has 4 nitrogen and oxygen atoms in total. The summed E-state index contributed by atoms with van der Waals surface area (Å²) in [5.74, 6) is 0. The van der Waals surface area contributed by atoms with Crippen LogP contribution in [0.5, 0.6) is 0 Å². The van der Waals surface area contributed by atoms with Crippen molar-refractivity contribution in [3.8, 4) is 0 Å². The number of benzene rings is 1. The quantitative estimate of drug-likeness (QED) is 0.841. The summed E-state index contributed by atoms with van der Waals surface area (Å²) in [6, 6.07) is 9.32. The van der Waals surface area contributed by atoms with Gasteiger partial charge in [-0.3, -0.25) is 4.90 Å². The fourth-order valence-corrected chi connectivity index (χ4v) is 2.98. The minimum Gasteiger partial charge on any atom is -0.444 e. The Bertz CT molecular complexity index is 522. The third-order valence-electron chi connectivity index (χ3n) is 4.17. The van der Waals surface area contributed by atoms with Gasteiger partial charge in [-0.2, -0.15) is 0 Å². The summed E-state index contributed by atoms with van der Waals surface area (Å²) in [4.78, 5) is 14.1. The molecule has 1 heterocycles. The highest BCUT2D eigenvalue weighted by molar-refractivity contribution is 5.67. The first-order chi connectivity index (χ1) is 10.8. The summed E-state index contributed by atoms with van der Waals surface area (Å²) >= 11 is 0. The molecule has 1 atom stereocenters. The van der Waals surface area contributed by atoms with E-state index < -0.39 is 5.60 Å². The van der Waals surface area contributed by atoms with Crippen LogP contribution in [-0.4, -0.2) is 35.7 Å². The normalized spacial score (nSPS) is 18.3. The molecule has 1 aromatic rings. The summed E-state index contributed by atoms with van der Waals surface area (Å²) < 4.78 is 5.23. The van der Waals surface area contributed by atoms with Crippen molar-refractivity contribution in [2.24, 2.45) is 0 Å². The van der Waals surface area contributed by atoms with Crippen LogP contribution in [0.2, 0.25) is 0 Å². The second-order valence-electron chi connectivity index (χ2n) is 7.43. The molecule has 23 heavy (non-hydrogen) atoms. The van der Waals surface area contributed by atoms with E-state index in [1.807, 2.05) is 20.8 Å². The van der Waals surface area contributed by atoms with E-state index in [9.17, 15) is 4.79 Å². The first-order valence-corrected chi connectivity index (χ1v) is 8.63. The average molecular weight is 318 g/mol. The molecular formula is C19H30N2O2. The number of alkyl carbamates (subject to hydrolysis) is 1. The van der Waals surface area contributed by atoms with Gasteiger partial charge in [0.1, 0.15) is 5.60 Å². The number of amides is 1. The molecule has 0 aliphatic carbocycles. The van der Waals surface area contributed by atoms with Gasteiger partial charge in [-0.1, -0.05) is 24.3 Å². The van der Waals surface area contributed by atoms with Crippen molar-refractivity contribution in [1.29, 1.82) is 0 Å². The van der Waals surface area contributed by atoms with E-state index in [2.05, 4.69) is 41.4 Å². The van der Waals surface area contributed by atoms with Crippen LogP contribution in [0.4, 0.5) is 4.79 Å². The predicted octanol–water partition coefficient (Wildman–Crippen LogP) is 3.74. The molecule has 0 spiro atoms. The van der Waals surface area contributed by atoms with E-state index in [4.69, 9.17) is 4.74 Å². The summed E-state index contributed by atoms with van der Waals surface area (Å²) in [6.07, 6.45) is 2.87. The number of fused-ring (bicyclic) bond motifs is 1. The van der Waals surface area contributed by atoms with Gasteiger partial charge in [0.2, 0.25) is 0 Å². The molecule has 1 unspecified atom stereocenters. The van der Waals surface area contributed by atoms with E-state index in [0.717, 1.165) is 32.4 Å². The second kappa shape index (κ2) is 7.82. The van der Waals surface area contributed by atoms with Gasteiger partial charge in [0, 0.05) is 19.1 Å². The fraction of sp³-hybridized carbons (Fsp3) is 0.632. The number of unbranched alkanes of at least 4 members (excludes halogenated alkanes) is 1. The van der Waals surface area contributed by atoms with Gasteiger partial charge in [-0.25, -0.2) is 4.79 Å². The van der Waals surface area contributed by atoms with E-state index >= 15 is 0 Å². The number of carbonyl (C=O) groups excluding carboxylic acids is 1. The molecule has 2 rings (SSSR count). The number of carbonyl (C=O) groups is 1. The predicted molar refractivity (Wildman–Crippen MR) is 93.5 cm³/mol. The Hall–Kier alpha value is -1.55. The van der Waals surface area contributed by atoms with Crippen molar-refractivity contribution < 1.29 is 9.53 Å². The standard InChI is InChI=1S/C19H30N2O2/c1-15-13-16-9-5-6-10-17(16)14-21(15)12-8-7-11-20-18(22)23-19(2,3)4/h5-6,9-10,15H,7-8,11-14H2,1-4H3,(H,20,22). The fourth-order valence-electron chi connectivity index (χ4n) is 2.98. The summed E-state index contributed by atoms with van der Waals surface area (Å²) in [6.45, 7) is 10.7. The molecule has 4 heteroatoms. The van der Waals surface area contributed by atoms with Crippen molar-refractivity contribution in [2.75, 3.05) is 13.1 Å². The minimum atomic E-state index is -0.430.